The first-order valence-electron chi connectivity index (χ1n) is 6.26. The number of anilines is 3. The normalized spacial score (nSPS) is 12.6. The zero-order valence-corrected chi connectivity index (χ0v) is 12.1. The van der Waals surface area contributed by atoms with Crippen LogP contribution in [0.1, 0.15) is 0 Å². The molecule has 3 rings (SSSR count). The lowest BCUT2D eigenvalue weighted by molar-refractivity contribution is 0.256. The summed E-state index contributed by atoms with van der Waals surface area (Å²) in [6.45, 7) is 0. The van der Waals surface area contributed by atoms with E-state index in [2.05, 4.69) is 0 Å². The van der Waals surface area contributed by atoms with Crippen molar-refractivity contribution in [3.05, 3.63) is 42.5 Å². The summed E-state index contributed by atoms with van der Waals surface area (Å²) in [6.07, 6.45) is 0. The molecule has 102 valence electrons. The topological polar surface area (TPSA) is 49.6 Å². The van der Waals surface area contributed by atoms with Crippen LogP contribution in [0, 0.1) is 0 Å². The quantitative estimate of drug-likeness (QED) is 0.873. The molecule has 0 spiro atoms. The Morgan fingerprint density at radius 2 is 1.80 bits per heavy atom. The summed E-state index contributed by atoms with van der Waals surface area (Å²) < 4.78 is 0. The summed E-state index contributed by atoms with van der Waals surface area (Å²) in [5.41, 5.74) is 8.30. The van der Waals surface area contributed by atoms with Crippen molar-refractivity contribution in [1.29, 1.82) is 0 Å². The highest BCUT2D eigenvalue weighted by molar-refractivity contribution is 7.99. The van der Waals surface area contributed by atoms with Gasteiger partial charge in [-0.15, -0.1) is 0 Å². The third kappa shape index (κ3) is 1.91. The fraction of sp³-hybridized carbons (Fsp3) is 0.133. The Labute approximate surface area is 122 Å². The second-order valence-corrected chi connectivity index (χ2v) is 5.85. The molecule has 0 aromatic heterocycles. The molecule has 2 aromatic carbocycles. The number of carbonyl (C=O) groups excluding carboxylic acids is 1. The number of rotatable bonds is 1. The summed E-state index contributed by atoms with van der Waals surface area (Å²) in [4.78, 5) is 17.6. The summed E-state index contributed by atoms with van der Waals surface area (Å²) in [5, 5.41) is 0. The summed E-state index contributed by atoms with van der Waals surface area (Å²) >= 11 is 1.66. The molecule has 0 saturated heterocycles. The highest BCUT2D eigenvalue weighted by Crippen LogP contribution is 2.51. The number of fused-ring (bicyclic) bond motifs is 2. The van der Waals surface area contributed by atoms with Gasteiger partial charge in [0.25, 0.3) is 0 Å². The number of hydrogen-bond donors (Lipinski definition) is 1. The van der Waals surface area contributed by atoms with Gasteiger partial charge in [-0.25, -0.2) is 4.79 Å². The number of para-hydroxylation sites is 2. The molecule has 5 heteroatoms. The number of primary amides is 1. The number of carbonyl (C=O) groups is 1. The smallest absolute Gasteiger partial charge is 0.324 e. The molecule has 0 bridgehead atoms. The minimum absolute atomic E-state index is 0.465. The maximum absolute atomic E-state index is 12.0. The van der Waals surface area contributed by atoms with Gasteiger partial charge < -0.3 is 10.6 Å². The van der Waals surface area contributed by atoms with Gasteiger partial charge in [-0.2, -0.15) is 0 Å². The average Bonchev–Trinajstić information content (AvgIpc) is 2.43. The van der Waals surface area contributed by atoms with Crippen molar-refractivity contribution in [3.8, 4) is 0 Å². The van der Waals surface area contributed by atoms with Crippen molar-refractivity contribution in [3.63, 3.8) is 0 Å². The summed E-state index contributed by atoms with van der Waals surface area (Å²) in [7, 11) is 3.92. The predicted octanol–water partition coefficient (Wildman–Crippen LogP) is 3.43. The highest BCUT2D eigenvalue weighted by atomic mass is 32.2. The number of amides is 2. The van der Waals surface area contributed by atoms with Crippen molar-refractivity contribution in [2.75, 3.05) is 23.9 Å². The molecule has 20 heavy (non-hydrogen) atoms. The first kappa shape index (κ1) is 12.9. The van der Waals surface area contributed by atoms with Crippen molar-refractivity contribution in [2.24, 2.45) is 5.73 Å². The summed E-state index contributed by atoms with van der Waals surface area (Å²) in [6, 6.07) is 13.3. The molecule has 1 heterocycles. The average molecular weight is 285 g/mol. The zero-order chi connectivity index (χ0) is 14.3. The molecular formula is C15H15N3OS. The molecule has 0 atom stereocenters. The van der Waals surface area contributed by atoms with E-state index in [1.54, 1.807) is 16.7 Å². The Morgan fingerprint density at radius 3 is 2.50 bits per heavy atom. The van der Waals surface area contributed by atoms with Gasteiger partial charge in [0, 0.05) is 23.9 Å². The van der Waals surface area contributed by atoms with E-state index in [9.17, 15) is 4.79 Å². The van der Waals surface area contributed by atoms with Crippen LogP contribution in [0.25, 0.3) is 0 Å². The van der Waals surface area contributed by atoms with Crippen LogP contribution in [0.5, 0.6) is 0 Å². The van der Waals surface area contributed by atoms with E-state index in [4.69, 9.17) is 5.73 Å². The minimum Gasteiger partial charge on any atom is -0.376 e. The van der Waals surface area contributed by atoms with Crippen molar-refractivity contribution < 1.29 is 4.79 Å². The van der Waals surface area contributed by atoms with E-state index in [-0.39, 0.29) is 0 Å². The maximum Gasteiger partial charge on any atom is 0.324 e. The van der Waals surface area contributed by atoms with Gasteiger partial charge in [0.1, 0.15) is 0 Å². The molecule has 1 aliphatic rings. The van der Waals surface area contributed by atoms with Crippen LogP contribution in [0.2, 0.25) is 0 Å². The molecule has 0 unspecified atom stereocenters. The second kappa shape index (κ2) is 4.76. The molecule has 2 N–H and O–H groups in total. The van der Waals surface area contributed by atoms with Crippen molar-refractivity contribution in [2.45, 2.75) is 9.79 Å². The predicted molar refractivity (Wildman–Crippen MR) is 83.1 cm³/mol. The summed E-state index contributed by atoms with van der Waals surface area (Å²) in [5.74, 6) is 0. The first-order valence-corrected chi connectivity index (χ1v) is 7.08. The zero-order valence-electron chi connectivity index (χ0n) is 11.3. The van der Waals surface area contributed by atoms with Gasteiger partial charge in [-0.05, 0) is 24.3 Å². The maximum atomic E-state index is 12.0. The van der Waals surface area contributed by atoms with Gasteiger partial charge in [-0.3, -0.25) is 4.90 Å². The number of hydrogen-bond acceptors (Lipinski definition) is 3. The van der Waals surface area contributed by atoms with Crippen LogP contribution >= 0.6 is 11.8 Å². The van der Waals surface area contributed by atoms with Gasteiger partial charge in [-0.1, -0.05) is 30.0 Å². The highest BCUT2D eigenvalue weighted by Gasteiger charge is 2.29. The van der Waals surface area contributed by atoms with Gasteiger partial charge >= 0.3 is 6.03 Å². The van der Waals surface area contributed by atoms with E-state index >= 15 is 0 Å². The van der Waals surface area contributed by atoms with E-state index in [0.29, 0.717) is 0 Å². The van der Waals surface area contributed by atoms with E-state index in [0.717, 1.165) is 26.9 Å². The minimum atomic E-state index is -0.465. The molecule has 0 fully saturated rings. The lowest BCUT2D eigenvalue weighted by Crippen LogP contribution is -2.34. The van der Waals surface area contributed by atoms with Crippen molar-refractivity contribution >= 4 is 34.9 Å². The molecule has 0 radical (unpaired) electrons. The number of nitrogens with zero attached hydrogens (tertiary/aromatic N) is 2. The Kier molecular flexibility index (Phi) is 3.06. The Morgan fingerprint density at radius 1 is 1.10 bits per heavy atom. The van der Waals surface area contributed by atoms with Crippen LogP contribution in [0.3, 0.4) is 0 Å². The van der Waals surface area contributed by atoms with Gasteiger partial charge in [0.05, 0.1) is 17.1 Å². The first-order chi connectivity index (χ1) is 9.59. The van der Waals surface area contributed by atoms with Crippen LogP contribution < -0.4 is 15.5 Å². The molecular weight excluding hydrogens is 270 g/mol. The van der Waals surface area contributed by atoms with Crippen LogP contribution in [-0.4, -0.2) is 20.1 Å². The van der Waals surface area contributed by atoms with Gasteiger partial charge in [0.2, 0.25) is 0 Å². The van der Waals surface area contributed by atoms with Crippen LogP contribution in [0.4, 0.5) is 21.9 Å². The van der Waals surface area contributed by atoms with E-state index in [1.165, 1.54) is 0 Å². The second-order valence-electron chi connectivity index (χ2n) is 4.76. The SMILES string of the molecule is CN(C)c1cccc2c1N(C(N)=O)c1ccccc1S2. The monoisotopic (exact) mass is 285 g/mol. The largest absolute Gasteiger partial charge is 0.376 e. The molecule has 0 aliphatic carbocycles. The number of urea groups is 1. The fourth-order valence-electron chi connectivity index (χ4n) is 2.37. The third-order valence-electron chi connectivity index (χ3n) is 3.23. The van der Waals surface area contributed by atoms with Gasteiger partial charge in [0.15, 0.2) is 0 Å². The molecule has 0 saturated carbocycles. The Hall–Kier alpha value is -2.14. The molecule has 4 nitrogen and oxygen atoms in total. The molecule has 2 amide bonds. The fourth-order valence-corrected chi connectivity index (χ4v) is 3.46. The molecule has 2 aromatic rings. The number of benzene rings is 2. The standard InChI is InChI=1S/C15H15N3OS/c1-17(2)11-7-5-9-13-14(11)18(15(16)19)10-6-3-4-8-12(10)20-13/h3-9H,1-2H3,(H2,16,19). The van der Waals surface area contributed by atoms with Crippen LogP contribution in [-0.2, 0) is 0 Å². The third-order valence-corrected chi connectivity index (χ3v) is 4.34. The number of nitrogens with two attached hydrogens (primary N) is 1. The Balaban J connectivity index is 2.27. The van der Waals surface area contributed by atoms with E-state index < -0.39 is 6.03 Å². The van der Waals surface area contributed by atoms with Crippen LogP contribution in [0.15, 0.2) is 52.3 Å². The molecule has 1 aliphatic heterocycles. The van der Waals surface area contributed by atoms with E-state index in [1.807, 2.05) is 61.5 Å². The van der Waals surface area contributed by atoms with Crippen molar-refractivity contribution in [1.82, 2.24) is 0 Å². The lowest BCUT2D eigenvalue weighted by atomic mass is 10.2. The Bertz CT molecular complexity index is 685. The lowest BCUT2D eigenvalue weighted by Gasteiger charge is -2.33.